The molecular formula is C13H14N4O2. The molecular weight excluding hydrogens is 244 g/mol. The molecule has 3 rings (SSSR count). The molecule has 98 valence electrons. The van der Waals surface area contributed by atoms with Gasteiger partial charge in [0.15, 0.2) is 0 Å². The molecule has 0 spiro atoms. The van der Waals surface area contributed by atoms with Crippen LogP contribution in [-0.4, -0.2) is 21.6 Å². The van der Waals surface area contributed by atoms with Gasteiger partial charge in [-0.1, -0.05) is 6.07 Å². The summed E-state index contributed by atoms with van der Waals surface area (Å²) in [5.41, 5.74) is 2.23. The largest absolute Gasteiger partial charge is 0.508 e. The minimum absolute atomic E-state index is 0.168. The number of aromatic amines is 1. The lowest BCUT2D eigenvalue weighted by atomic mass is 10.1. The van der Waals surface area contributed by atoms with Crippen LogP contribution in [0.5, 0.6) is 5.75 Å². The predicted octanol–water partition coefficient (Wildman–Crippen LogP) is 0.865. The quantitative estimate of drug-likeness (QED) is 0.641. The highest BCUT2D eigenvalue weighted by Crippen LogP contribution is 2.23. The predicted molar refractivity (Wildman–Crippen MR) is 71.7 cm³/mol. The molecule has 2 aromatic rings. The Morgan fingerprint density at radius 1 is 1.37 bits per heavy atom. The third kappa shape index (κ3) is 2.43. The Morgan fingerprint density at radius 3 is 3.11 bits per heavy atom. The second kappa shape index (κ2) is 4.74. The van der Waals surface area contributed by atoms with E-state index in [2.05, 4.69) is 20.6 Å². The summed E-state index contributed by atoms with van der Waals surface area (Å²) in [5.74, 6) is 0.707. The van der Waals surface area contributed by atoms with E-state index in [4.69, 9.17) is 0 Å². The summed E-state index contributed by atoms with van der Waals surface area (Å²) in [7, 11) is 0. The Balaban J connectivity index is 2.00. The van der Waals surface area contributed by atoms with Gasteiger partial charge in [0.25, 0.3) is 0 Å². The zero-order chi connectivity index (χ0) is 13.2. The smallest absolute Gasteiger partial charge is 0.347 e. The molecule has 0 saturated carbocycles. The highest BCUT2D eigenvalue weighted by Gasteiger charge is 2.15. The van der Waals surface area contributed by atoms with Crippen molar-refractivity contribution in [2.45, 2.75) is 13.0 Å². The highest BCUT2D eigenvalue weighted by atomic mass is 16.3. The van der Waals surface area contributed by atoms with Gasteiger partial charge in [0.05, 0.1) is 0 Å². The van der Waals surface area contributed by atoms with E-state index >= 15 is 0 Å². The maximum Gasteiger partial charge on any atom is 0.347 e. The molecule has 0 amide bonds. The molecule has 0 radical (unpaired) electrons. The fourth-order valence-electron chi connectivity index (χ4n) is 2.20. The fraction of sp³-hybridized carbons (Fsp3) is 0.231. The first kappa shape index (κ1) is 11.7. The van der Waals surface area contributed by atoms with E-state index in [0.717, 1.165) is 24.2 Å². The molecule has 6 heteroatoms. The zero-order valence-electron chi connectivity index (χ0n) is 10.2. The van der Waals surface area contributed by atoms with E-state index in [1.165, 1.54) is 0 Å². The number of nitrogens with one attached hydrogen (secondary N) is 3. The molecule has 1 aliphatic rings. The van der Waals surface area contributed by atoms with Crippen LogP contribution in [0.25, 0.3) is 0 Å². The zero-order valence-corrected chi connectivity index (χ0v) is 10.2. The van der Waals surface area contributed by atoms with Gasteiger partial charge >= 0.3 is 5.69 Å². The maximum absolute atomic E-state index is 11.5. The van der Waals surface area contributed by atoms with E-state index in [1.54, 1.807) is 18.2 Å². The van der Waals surface area contributed by atoms with Crippen molar-refractivity contribution < 1.29 is 5.11 Å². The minimum Gasteiger partial charge on any atom is -0.508 e. The van der Waals surface area contributed by atoms with E-state index in [0.29, 0.717) is 18.1 Å². The Bertz CT molecular complexity index is 666. The SMILES string of the molecule is O=c1nc(Nc2cccc(O)c2)c2c([nH]1)CCNC2. The van der Waals surface area contributed by atoms with Gasteiger partial charge in [0.1, 0.15) is 11.6 Å². The number of phenols is 1. The van der Waals surface area contributed by atoms with Crippen molar-refractivity contribution in [3.05, 3.63) is 46.0 Å². The van der Waals surface area contributed by atoms with Crippen molar-refractivity contribution in [3.63, 3.8) is 0 Å². The normalized spacial score (nSPS) is 13.9. The van der Waals surface area contributed by atoms with Gasteiger partial charge in [0.2, 0.25) is 0 Å². The third-order valence-corrected chi connectivity index (χ3v) is 3.08. The number of aromatic hydroxyl groups is 1. The molecule has 4 N–H and O–H groups in total. The van der Waals surface area contributed by atoms with E-state index in [9.17, 15) is 9.90 Å². The molecule has 19 heavy (non-hydrogen) atoms. The average Bonchev–Trinajstić information content (AvgIpc) is 2.38. The van der Waals surface area contributed by atoms with Crippen LogP contribution in [-0.2, 0) is 13.0 Å². The second-order valence-electron chi connectivity index (χ2n) is 4.45. The van der Waals surface area contributed by atoms with Gasteiger partial charge in [-0.15, -0.1) is 0 Å². The molecule has 0 atom stereocenters. The number of nitrogens with zero attached hydrogens (tertiary/aromatic N) is 1. The summed E-state index contributed by atoms with van der Waals surface area (Å²) in [6, 6.07) is 6.72. The van der Waals surface area contributed by atoms with E-state index in [1.807, 2.05) is 6.07 Å². The number of aromatic nitrogens is 2. The summed E-state index contributed by atoms with van der Waals surface area (Å²) in [6.45, 7) is 1.51. The lowest BCUT2D eigenvalue weighted by molar-refractivity contribution is 0.475. The van der Waals surface area contributed by atoms with E-state index in [-0.39, 0.29) is 11.4 Å². The number of hydrogen-bond donors (Lipinski definition) is 4. The molecule has 0 unspecified atom stereocenters. The van der Waals surface area contributed by atoms with Gasteiger partial charge in [-0.05, 0) is 12.1 Å². The summed E-state index contributed by atoms with van der Waals surface area (Å²) >= 11 is 0. The molecule has 0 aliphatic carbocycles. The Kier molecular flexibility index (Phi) is 2.92. The van der Waals surface area contributed by atoms with Gasteiger partial charge < -0.3 is 20.7 Å². The topological polar surface area (TPSA) is 90.0 Å². The molecule has 1 aliphatic heterocycles. The Morgan fingerprint density at radius 2 is 2.26 bits per heavy atom. The number of benzene rings is 1. The van der Waals surface area contributed by atoms with Crippen LogP contribution in [0.1, 0.15) is 11.3 Å². The van der Waals surface area contributed by atoms with Gasteiger partial charge in [0, 0.05) is 42.5 Å². The fourth-order valence-corrected chi connectivity index (χ4v) is 2.20. The monoisotopic (exact) mass is 258 g/mol. The van der Waals surface area contributed by atoms with Crippen LogP contribution >= 0.6 is 0 Å². The van der Waals surface area contributed by atoms with Gasteiger partial charge in [-0.3, -0.25) is 0 Å². The number of hydrogen-bond acceptors (Lipinski definition) is 5. The summed E-state index contributed by atoms with van der Waals surface area (Å²) in [4.78, 5) is 18.3. The average molecular weight is 258 g/mol. The molecule has 0 fully saturated rings. The number of rotatable bonds is 2. The van der Waals surface area contributed by atoms with Crippen LogP contribution in [0.4, 0.5) is 11.5 Å². The summed E-state index contributed by atoms with van der Waals surface area (Å²) < 4.78 is 0. The van der Waals surface area contributed by atoms with Crippen molar-refractivity contribution in [3.8, 4) is 5.75 Å². The molecule has 1 aromatic carbocycles. The number of H-pyrrole nitrogens is 1. The molecule has 1 aromatic heterocycles. The summed E-state index contributed by atoms with van der Waals surface area (Å²) in [6.07, 6.45) is 0.780. The van der Waals surface area contributed by atoms with E-state index < -0.39 is 0 Å². The lowest BCUT2D eigenvalue weighted by Crippen LogP contribution is -2.29. The Labute approximate surface area is 109 Å². The standard InChI is InChI=1S/C13H14N4O2/c18-9-3-1-2-8(6-9)15-12-10-7-14-5-4-11(10)16-13(19)17-12/h1-3,6,14,18H,4-5,7H2,(H2,15,16,17,19). The first-order chi connectivity index (χ1) is 9.22. The first-order valence-corrected chi connectivity index (χ1v) is 6.11. The van der Waals surface area contributed by atoms with Crippen LogP contribution < -0.4 is 16.3 Å². The Hall–Kier alpha value is -2.34. The second-order valence-corrected chi connectivity index (χ2v) is 4.45. The van der Waals surface area contributed by atoms with Crippen molar-refractivity contribution in [1.82, 2.24) is 15.3 Å². The number of fused-ring (bicyclic) bond motifs is 1. The van der Waals surface area contributed by atoms with Crippen LogP contribution in [0.2, 0.25) is 0 Å². The summed E-state index contributed by atoms with van der Waals surface area (Å²) in [5, 5.41) is 15.8. The van der Waals surface area contributed by atoms with Gasteiger partial charge in [-0.25, -0.2) is 4.79 Å². The molecule has 6 nitrogen and oxygen atoms in total. The third-order valence-electron chi connectivity index (χ3n) is 3.08. The molecule has 0 saturated heterocycles. The lowest BCUT2D eigenvalue weighted by Gasteiger charge is -2.19. The number of anilines is 2. The minimum atomic E-state index is -0.358. The number of phenolic OH excluding ortho intramolecular Hbond substituents is 1. The van der Waals surface area contributed by atoms with Gasteiger partial charge in [-0.2, -0.15) is 4.98 Å². The van der Waals surface area contributed by atoms with Crippen LogP contribution in [0.15, 0.2) is 29.1 Å². The maximum atomic E-state index is 11.5. The van der Waals surface area contributed by atoms with Crippen LogP contribution in [0.3, 0.4) is 0 Å². The van der Waals surface area contributed by atoms with Crippen molar-refractivity contribution >= 4 is 11.5 Å². The highest BCUT2D eigenvalue weighted by molar-refractivity contribution is 5.61. The van der Waals surface area contributed by atoms with Crippen molar-refractivity contribution in [2.24, 2.45) is 0 Å². The van der Waals surface area contributed by atoms with Crippen molar-refractivity contribution in [2.75, 3.05) is 11.9 Å². The molecule has 2 heterocycles. The van der Waals surface area contributed by atoms with Crippen molar-refractivity contribution in [1.29, 1.82) is 0 Å². The first-order valence-electron chi connectivity index (χ1n) is 6.11. The van der Waals surface area contributed by atoms with Crippen LogP contribution in [0, 0.1) is 0 Å². The molecule has 0 bridgehead atoms.